The van der Waals surface area contributed by atoms with E-state index < -0.39 is 15.6 Å². The highest BCUT2D eigenvalue weighted by Gasteiger charge is 2.39. The van der Waals surface area contributed by atoms with Crippen molar-refractivity contribution in [1.29, 1.82) is 0 Å². The molecule has 0 radical (unpaired) electrons. The molecule has 5 rings (SSSR count). The molecule has 0 amide bonds. The third-order valence-corrected chi connectivity index (χ3v) is 10.5. The zero-order valence-electron chi connectivity index (χ0n) is 28.2. The molecule has 48 heavy (non-hydrogen) atoms. The van der Waals surface area contributed by atoms with Crippen molar-refractivity contribution < 1.29 is 37.8 Å². The van der Waals surface area contributed by atoms with Gasteiger partial charge in [0.15, 0.2) is 5.75 Å². The van der Waals surface area contributed by atoms with Crippen LogP contribution in [0.5, 0.6) is 11.5 Å². The Labute approximate surface area is 281 Å². The molecule has 0 saturated carbocycles. The average Bonchev–Trinajstić information content (AvgIpc) is 2.94. The van der Waals surface area contributed by atoms with E-state index in [9.17, 15) is 28.9 Å². The number of aromatic hydroxyl groups is 1. The van der Waals surface area contributed by atoms with Gasteiger partial charge < -0.3 is 19.4 Å². The highest BCUT2D eigenvalue weighted by atomic mass is 31.3. The molecule has 10 heteroatoms. The van der Waals surface area contributed by atoms with Gasteiger partial charge in [-0.25, -0.2) is 9.13 Å². The van der Waals surface area contributed by atoms with Crippen molar-refractivity contribution in [2.24, 2.45) is 0 Å². The van der Waals surface area contributed by atoms with Gasteiger partial charge in [0.1, 0.15) is 5.75 Å². The highest BCUT2D eigenvalue weighted by Crippen LogP contribution is 2.63. The van der Waals surface area contributed by atoms with Crippen molar-refractivity contribution in [2.45, 2.75) is 55.4 Å². The van der Waals surface area contributed by atoms with Crippen molar-refractivity contribution in [2.75, 3.05) is 0 Å². The molecule has 250 valence electrons. The first-order valence-corrected chi connectivity index (χ1v) is 18.4. The normalized spacial score (nSPS) is 13.0. The minimum absolute atomic E-state index is 0.0783. The monoisotopic (exact) mass is 686 g/mol. The predicted molar refractivity (Wildman–Crippen MR) is 191 cm³/mol. The van der Waals surface area contributed by atoms with Crippen LogP contribution in [0.1, 0.15) is 44.5 Å². The van der Waals surface area contributed by atoms with Crippen molar-refractivity contribution in [3.8, 4) is 56.0 Å². The van der Waals surface area contributed by atoms with Crippen LogP contribution in [0.4, 0.5) is 0 Å². The first-order chi connectivity index (χ1) is 22.4. The van der Waals surface area contributed by atoms with E-state index in [0.29, 0.717) is 27.8 Å². The van der Waals surface area contributed by atoms with Gasteiger partial charge in [-0.3, -0.25) is 4.89 Å². The Hall–Kier alpha value is -4.00. The molecule has 0 aliphatic rings. The number of phosphoric ester groups is 1. The van der Waals surface area contributed by atoms with Gasteiger partial charge in [0.05, 0.1) is 5.56 Å². The van der Waals surface area contributed by atoms with E-state index in [1.165, 1.54) is 0 Å². The maximum atomic E-state index is 13.5. The number of rotatable bonds is 8. The molecule has 8 nitrogen and oxygen atoms in total. The van der Waals surface area contributed by atoms with E-state index >= 15 is 0 Å². The molecular weight excluding hydrogens is 646 g/mol. The van der Waals surface area contributed by atoms with Crippen molar-refractivity contribution in [3.05, 3.63) is 117 Å². The zero-order chi connectivity index (χ0) is 35.3. The lowest BCUT2D eigenvalue weighted by molar-refractivity contribution is 0.230. The van der Waals surface area contributed by atoms with Crippen LogP contribution < -0.4 is 4.52 Å². The Balaban J connectivity index is 2.13. The van der Waals surface area contributed by atoms with Gasteiger partial charge in [-0.15, -0.1) is 0 Å². The molecule has 0 fully saturated rings. The Morgan fingerprint density at radius 3 is 1.17 bits per heavy atom. The Kier molecular flexibility index (Phi) is 9.66. The van der Waals surface area contributed by atoms with E-state index in [0.717, 1.165) is 55.6 Å². The number of hydrogen-bond donors (Lipinski definition) is 4. The van der Waals surface area contributed by atoms with Gasteiger partial charge >= 0.3 is 15.6 Å². The molecule has 0 aliphatic heterocycles. The number of phenolic OH excluding ortho intramolecular Hbond substituents is 1. The second-order valence-corrected chi connectivity index (χ2v) is 15.3. The van der Waals surface area contributed by atoms with Crippen LogP contribution in [-0.4, -0.2) is 19.8 Å². The third kappa shape index (κ3) is 7.20. The summed E-state index contributed by atoms with van der Waals surface area (Å²) in [7, 11) is -11.0. The molecule has 0 heterocycles. The number of phosphoric acid groups is 2. The number of hydrogen-bond acceptors (Lipinski definition) is 5. The second-order valence-electron chi connectivity index (χ2n) is 12.6. The summed E-state index contributed by atoms with van der Waals surface area (Å²) in [4.78, 5) is 30.1. The number of aryl methyl sites for hydroxylation is 8. The first-order valence-electron chi connectivity index (χ1n) is 15.4. The highest BCUT2D eigenvalue weighted by molar-refractivity contribution is 7.60. The summed E-state index contributed by atoms with van der Waals surface area (Å²) < 4.78 is 35.5. The van der Waals surface area contributed by atoms with Crippen molar-refractivity contribution in [3.63, 3.8) is 0 Å². The molecule has 4 N–H and O–H groups in total. The van der Waals surface area contributed by atoms with Crippen LogP contribution in [0.15, 0.2) is 72.8 Å². The van der Waals surface area contributed by atoms with E-state index in [1.54, 1.807) is 6.07 Å². The van der Waals surface area contributed by atoms with Crippen LogP contribution in [0.25, 0.3) is 44.5 Å². The van der Waals surface area contributed by atoms with Crippen LogP contribution >= 0.6 is 15.6 Å². The molecule has 1 unspecified atom stereocenters. The summed E-state index contributed by atoms with van der Waals surface area (Å²) in [5.41, 5.74) is 11.3. The molecule has 5 aromatic rings. The summed E-state index contributed by atoms with van der Waals surface area (Å²) in [5.74, 6) is -0.488. The smallest absolute Gasteiger partial charge is 0.506 e. The van der Waals surface area contributed by atoms with Gasteiger partial charge in [-0.2, -0.15) is 4.31 Å². The summed E-state index contributed by atoms with van der Waals surface area (Å²) in [6.07, 6.45) is 0. The largest absolute Gasteiger partial charge is 0.536 e. The minimum Gasteiger partial charge on any atom is -0.506 e. The van der Waals surface area contributed by atoms with Crippen molar-refractivity contribution >= 4 is 15.6 Å². The van der Waals surface area contributed by atoms with E-state index in [-0.39, 0.29) is 17.1 Å². The molecule has 0 saturated heterocycles. The van der Waals surface area contributed by atoms with Gasteiger partial charge in [0.2, 0.25) is 0 Å². The summed E-state index contributed by atoms with van der Waals surface area (Å²) in [6, 6.07) is 23.1. The van der Waals surface area contributed by atoms with Gasteiger partial charge in [-0.05, 0) is 99.9 Å². The topological polar surface area (TPSA) is 134 Å². The first kappa shape index (κ1) is 35.3. The molecule has 5 aromatic carbocycles. The third-order valence-electron chi connectivity index (χ3n) is 8.45. The quantitative estimate of drug-likeness (QED) is 0.119. The van der Waals surface area contributed by atoms with Crippen LogP contribution in [0, 0.1) is 55.4 Å². The lowest BCUT2D eigenvalue weighted by Gasteiger charge is -2.28. The standard InChI is InChI=1S/C38H40O8P2/c1-21-9-13-29(25(5)17-21)33-34(30-14-10-22(2)18-26(30)6)37(39)36(32-16-12-24(4)20-28(32)8)38(45-48(43,44)46-47(40,41)42)35(33)31-15-11-23(3)19-27(31)7/h9-20,39H,1-8H3,(H,43,44)(H2,40,41,42). The Morgan fingerprint density at radius 2 is 0.812 bits per heavy atom. The molecule has 0 bridgehead atoms. The van der Waals surface area contributed by atoms with Gasteiger partial charge in [0.25, 0.3) is 0 Å². The van der Waals surface area contributed by atoms with Crippen LogP contribution in [0.2, 0.25) is 0 Å². The van der Waals surface area contributed by atoms with Crippen molar-refractivity contribution in [1.82, 2.24) is 0 Å². The molecule has 0 spiro atoms. The minimum atomic E-state index is -5.51. The fourth-order valence-electron chi connectivity index (χ4n) is 6.49. The fourth-order valence-corrected chi connectivity index (χ4v) is 8.11. The van der Waals surface area contributed by atoms with Crippen LogP contribution in [-0.2, 0) is 13.4 Å². The summed E-state index contributed by atoms with van der Waals surface area (Å²) in [5, 5.41) is 12.6. The average molecular weight is 687 g/mol. The number of phenols is 1. The Bertz CT molecular complexity index is 2180. The molecule has 0 aliphatic carbocycles. The van der Waals surface area contributed by atoms with Gasteiger partial charge in [-0.1, -0.05) is 95.1 Å². The number of benzene rings is 5. The predicted octanol–water partition coefficient (Wildman–Crippen LogP) is 10.1. The maximum Gasteiger partial charge on any atom is 0.536 e. The zero-order valence-corrected chi connectivity index (χ0v) is 30.0. The van der Waals surface area contributed by atoms with Crippen LogP contribution in [0.3, 0.4) is 0 Å². The molecule has 1 atom stereocenters. The molecular formula is C38H40O8P2. The lowest BCUT2D eigenvalue weighted by atomic mass is 9.79. The van der Waals surface area contributed by atoms with Gasteiger partial charge in [0, 0.05) is 16.7 Å². The maximum absolute atomic E-state index is 13.5. The summed E-state index contributed by atoms with van der Waals surface area (Å²) >= 11 is 0. The van der Waals surface area contributed by atoms with E-state index in [1.807, 2.05) is 122 Å². The SMILES string of the molecule is Cc1ccc(-c2c(O)c(-c3ccc(C)cc3C)c(-c3ccc(C)cc3C)c(-c3ccc(C)cc3C)c2OP(=O)(O)OP(=O)(O)O)c(C)c1. The Morgan fingerprint density at radius 1 is 0.479 bits per heavy atom. The van der Waals surface area contributed by atoms with E-state index in [2.05, 4.69) is 4.31 Å². The lowest BCUT2D eigenvalue weighted by Crippen LogP contribution is -2.05. The fraction of sp³-hybridized carbons (Fsp3) is 0.211. The summed E-state index contributed by atoms with van der Waals surface area (Å²) in [6.45, 7) is 15.5. The molecule has 0 aromatic heterocycles. The second kappa shape index (κ2) is 13.1. The van der Waals surface area contributed by atoms with E-state index in [4.69, 9.17) is 4.52 Å².